The Labute approximate surface area is 194 Å². The maximum absolute atomic E-state index is 13.6. The minimum Gasteiger partial charge on any atom is -0.494 e. The van der Waals surface area contributed by atoms with Crippen LogP contribution in [0.4, 0.5) is 11.4 Å². The van der Waals surface area contributed by atoms with E-state index in [-0.39, 0.29) is 17.5 Å². The van der Waals surface area contributed by atoms with Crippen LogP contribution in [0.5, 0.6) is 5.75 Å². The summed E-state index contributed by atoms with van der Waals surface area (Å²) in [5.41, 5.74) is 4.86. The van der Waals surface area contributed by atoms with Crippen molar-refractivity contribution < 1.29 is 14.3 Å². The van der Waals surface area contributed by atoms with Gasteiger partial charge in [-0.2, -0.15) is 0 Å². The third-order valence-corrected chi connectivity index (χ3v) is 5.60. The predicted octanol–water partition coefficient (Wildman–Crippen LogP) is 5.74. The Bertz CT molecular complexity index is 1190. The van der Waals surface area contributed by atoms with Gasteiger partial charge in [-0.05, 0) is 55.2 Å². The first kappa shape index (κ1) is 22.3. The summed E-state index contributed by atoms with van der Waals surface area (Å²) in [5.74, 6) is -0.115. The van der Waals surface area contributed by atoms with Gasteiger partial charge in [0, 0.05) is 11.8 Å². The van der Waals surface area contributed by atoms with Gasteiger partial charge >= 0.3 is 0 Å². The molecule has 5 heteroatoms. The number of benzene rings is 3. The molecule has 0 saturated carbocycles. The molecule has 3 aromatic rings. The zero-order valence-corrected chi connectivity index (χ0v) is 19.2. The predicted molar refractivity (Wildman–Crippen MR) is 132 cm³/mol. The number of carbonyl (C=O) groups is 2. The number of hydrogen-bond donors (Lipinski definition) is 1. The van der Waals surface area contributed by atoms with Crippen LogP contribution in [0.15, 0.2) is 78.5 Å². The highest BCUT2D eigenvalue weighted by molar-refractivity contribution is 6.46. The smallest absolute Gasteiger partial charge is 0.282 e. The molecule has 0 atom stereocenters. The molecule has 33 heavy (non-hydrogen) atoms. The molecule has 1 aliphatic rings. The molecule has 5 nitrogen and oxygen atoms in total. The van der Waals surface area contributed by atoms with Gasteiger partial charge < -0.3 is 10.1 Å². The Morgan fingerprint density at radius 1 is 0.879 bits per heavy atom. The van der Waals surface area contributed by atoms with Gasteiger partial charge in [-0.1, -0.05) is 61.9 Å². The molecule has 0 fully saturated rings. The van der Waals surface area contributed by atoms with Crippen molar-refractivity contribution in [2.24, 2.45) is 0 Å². The van der Waals surface area contributed by atoms with E-state index >= 15 is 0 Å². The number of hydrogen-bond acceptors (Lipinski definition) is 4. The molecule has 1 aliphatic heterocycles. The number of ether oxygens (including phenoxy) is 1. The normalized spacial score (nSPS) is 13.6. The first-order valence-corrected chi connectivity index (χ1v) is 11.3. The SMILES string of the molecule is CCCOc1cccc(N2C(=O)C(Nc3ccc(CC)cc3)=C(c3ccc(C)cc3)C2=O)c1. The molecule has 4 rings (SSSR count). The van der Waals surface area contributed by atoms with E-state index in [4.69, 9.17) is 4.74 Å². The average molecular weight is 441 g/mol. The van der Waals surface area contributed by atoms with Crippen molar-refractivity contribution >= 4 is 28.8 Å². The van der Waals surface area contributed by atoms with Crippen molar-refractivity contribution in [1.82, 2.24) is 0 Å². The van der Waals surface area contributed by atoms with Crippen molar-refractivity contribution in [1.29, 1.82) is 0 Å². The highest BCUT2D eigenvalue weighted by atomic mass is 16.5. The Hall–Kier alpha value is -3.86. The lowest BCUT2D eigenvalue weighted by Gasteiger charge is -2.16. The fraction of sp³-hybridized carbons (Fsp3) is 0.214. The van der Waals surface area contributed by atoms with Gasteiger partial charge in [0.1, 0.15) is 11.4 Å². The number of anilines is 2. The van der Waals surface area contributed by atoms with Gasteiger partial charge in [0.25, 0.3) is 11.8 Å². The topological polar surface area (TPSA) is 58.6 Å². The second kappa shape index (κ2) is 9.74. The second-order valence-corrected chi connectivity index (χ2v) is 8.08. The summed E-state index contributed by atoms with van der Waals surface area (Å²) in [5, 5.41) is 3.22. The molecular weight excluding hydrogens is 412 g/mol. The maximum Gasteiger partial charge on any atom is 0.282 e. The Kier molecular flexibility index (Phi) is 6.59. The van der Waals surface area contributed by atoms with E-state index in [1.54, 1.807) is 18.2 Å². The number of rotatable bonds is 8. The van der Waals surface area contributed by atoms with Crippen LogP contribution in [0.25, 0.3) is 5.57 Å². The van der Waals surface area contributed by atoms with Crippen LogP contribution >= 0.6 is 0 Å². The quantitative estimate of drug-likeness (QED) is 0.454. The molecule has 0 unspecified atom stereocenters. The zero-order chi connectivity index (χ0) is 23.4. The highest BCUT2D eigenvalue weighted by Gasteiger charge is 2.40. The molecule has 168 valence electrons. The first-order chi connectivity index (χ1) is 16.0. The van der Waals surface area contributed by atoms with Crippen LogP contribution in [0, 0.1) is 6.92 Å². The van der Waals surface area contributed by atoms with Gasteiger partial charge in [0.05, 0.1) is 17.9 Å². The van der Waals surface area contributed by atoms with Crippen LogP contribution in [-0.4, -0.2) is 18.4 Å². The van der Waals surface area contributed by atoms with Gasteiger partial charge in [0.2, 0.25) is 0 Å². The van der Waals surface area contributed by atoms with Crippen molar-refractivity contribution in [3.63, 3.8) is 0 Å². The molecular formula is C28H28N2O3. The Morgan fingerprint density at radius 2 is 1.61 bits per heavy atom. The van der Waals surface area contributed by atoms with E-state index in [0.717, 1.165) is 24.1 Å². The standard InChI is InChI=1S/C28H28N2O3/c1-4-17-33-24-8-6-7-23(18-24)30-27(31)25(21-13-9-19(3)10-14-21)26(28(30)32)29-22-15-11-20(5-2)12-16-22/h6-16,18,29H,4-5,17H2,1-3H3. The van der Waals surface area contributed by atoms with E-state index < -0.39 is 0 Å². The molecule has 0 aliphatic carbocycles. The number of nitrogens with one attached hydrogen (secondary N) is 1. The molecule has 2 amide bonds. The fourth-order valence-corrected chi connectivity index (χ4v) is 3.77. The van der Waals surface area contributed by atoms with E-state index in [0.29, 0.717) is 29.2 Å². The van der Waals surface area contributed by atoms with Crippen molar-refractivity contribution in [2.45, 2.75) is 33.6 Å². The lowest BCUT2D eigenvalue weighted by atomic mass is 10.0. The molecule has 0 saturated heterocycles. The van der Waals surface area contributed by atoms with E-state index in [1.807, 2.05) is 68.4 Å². The third-order valence-electron chi connectivity index (χ3n) is 5.60. The van der Waals surface area contributed by atoms with Gasteiger partial charge in [-0.15, -0.1) is 0 Å². The van der Waals surface area contributed by atoms with Crippen LogP contribution in [-0.2, 0) is 16.0 Å². The lowest BCUT2D eigenvalue weighted by molar-refractivity contribution is -0.120. The summed E-state index contributed by atoms with van der Waals surface area (Å²) in [4.78, 5) is 28.4. The van der Waals surface area contributed by atoms with Gasteiger partial charge in [0.15, 0.2) is 0 Å². The molecule has 1 heterocycles. The number of amides is 2. The monoisotopic (exact) mass is 440 g/mol. The van der Waals surface area contributed by atoms with Crippen LogP contribution < -0.4 is 15.0 Å². The highest BCUT2D eigenvalue weighted by Crippen LogP contribution is 2.35. The first-order valence-electron chi connectivity index (χ1n) is 11.3. The molecule has 0 aromatic heterocycles. The second-order valence-electron chi connectivity index (χ2n) is 8.08. The average Bonchev–Trinajstić information content (AvgIpc) is 3.08. The lowest BCUT2D eigenvalue weighted by Crippen LogP contribution is -2.32. The van der Waals surface area contributed by atoms with Crippen LogP contribution in [0.1, 0.15) is 37.0 Å². The minimum atomic E-state index is -0.386. The van der Waals surface area contributed by atoms with Crippen molar-refractivity contribution in [3.05, 3.63) is 95.2 Å². The van der Waals surface area contributed by atoms with Crippen LogP contribution in [0.3, 0.4) is 0 Å². The van der Waals surface area contributed by atoms with Gasteiger partial charge in [-0.25, -0.2) is 4.90 Å². The largest absolute Gasteiger partial charge is 0.494 e. The van der Waals surface area contributed by atoms with Gasteiger partial charge in [-0.3, -0.25) is 9.59 Å². The number of aryl methyl sites for hydroxylation is 2. The number of nitrogens with zero attached hydrogens (tertiary/aromatic N) is 1. The third kappa shape index (κ3) is 4.67. The molecule has 1 N–H and O–H groups in total. The zero-order valence-electron chi connectivity index (χ0n) is 19.2. The van der Waals surface area contributed by atoms with Crippen molar-refractivity contribution in [2.75, 3.05) is 16.8 Å². The van der Waals surface area contributed by atoms with E-state index in [9.17, 15) is 9.59 Å². The molecule has 3 aromatic carbocycles. The minimum absolute atomic E-state index is 0.271. The summed E-state index contributed by atoms with van der Waals surface area (Å²) >= 11 is 0. The summed E-state index contributed by atoms with van der Waals surface area (Å²) in [7, 11) is 0. The number of carbonyl (C=O) groups excluding carboxylic acids is 2. The molecule has 0 spiro atoms. The molecule has 0 radical (unpaired) electrons. The Balaban J connectivity index is 1.74. The summed E-state index contributed by atoms with van der Waals surface area (Å²) < 4.78 is 5.72. The summed E-state index contributed by atoms with van der Waals surface area (Å²) in [6.07, 6.45) is 1.80. The van der Waals surface area contributed by atoms with Crippen LogP contribution in [0.2, 0.25) is 0 Å². The van der Waals surface area contributed by atoms with Crippen molar-refractivity contribution in [3.8, 4) is 5.75 Å². The van der Waals surface area contributed by atoms with E-state index in [2.05, 4.69) is 12.2 Å². The van der Waals surface area contributed by atoms with E-state index in [1.165, 1.54) is 10.5 Å². The molecule has 0 bridgehead atoms. The Morgan fingerprint density at radius 3 is 2.27 bits per heavy atom. The maximum atomic E-state index is 13.6. The number of imide groups is 1. The summed E-state index contributed by atoms with van der Waals surface area (Å²) in [6, 6.07) is 22.6. The summed E-state index contributed by atoms with van der Waals surface area (Å²) in [6.45, 7) is 6.68. The fourth-order valence-electron chi connectivity index (χ4n) is 3.77.